The topological polar surface area (TPSA) is 56.9 Å². The summed E-state index contributed by atoms with van der Waals surface area (Å²) in [6.07, 6.45) is 5.62. The van der Waals surface area contributed by atoms with Gasteiger partial charge in [0, 0.05) is 44.5 Å². The molecule has 2 aromatic carbocycles. The van der Waals surface area contributed by atoms with Crippen molar-refractivity contribution in [2.24, 2.45) is 5.92 Å². The SMILES string of the molecule is CC(C)CN(CCc1cncn1Cc1ccc(C#N)cc1)C(=S)NCCc1ccccc1. The number of hydrogen-bond donors (Lipinski definition) is 1. The highest BCUT2D eigenvalue weighted by atomic mass is 32.1. The Labute approximate surface area is 196 Å². The summed E-state index contributed by atoms with van der Waals surface area (Å²) >= 11 is 5.73. The maximum atomic E-state index is 8.98. The third kappa shape index (κ3) is 7.21. The molecule has 0 aliphatic heterocycles. The second kappa shape index (κ2) is 12.0. The number of rotatable bonds is 10. The van der Waals surface area contributed by atoms with E-state index in [1.807, 2.05) is 42.9 Å². The van der Waals surface area contributed by atoms with Crippen LogP contribution in [-0.4, -0.2) is 39.2 Å². The molecule has 32 heavy (non-hydrogen) atoms. The number of nitrogens with zero attached hydrogens (tertiary/aromatic N) is 4. The summed E-state index contributed by atoms with van der Waals surface area (Å²) in [5.41, 5.74) is 4.32. The molecule has 0 aliphatic carbocycles. The third-order valence-electron chi connectivity index (χ3n) is 5.28. The van der Waals surface area contributed by atoms with E-state index >= 15 is 0 Å². The molecule has 1 heterocycles. The van der Waals surface area contributed by atoms with Gasteiger partial charge in [0.2, 0.25) is 0 Å². The van der Waals surface area contributed by atoms with Gasteiger partial charge < -0.3 is 14.8 Å². The second-order valence-electron chi connectivity index (χ2n) is 8.38. The zero-order valence-electron chi connectivity index (χ0n) is 18.9. The largest absolute Gasteiger partial charge is 0.362 e. The van der Waals surface area contributed by atoms with E-state index in [1.165, 1.54) is 11.3 Å². The fourth-order valence-corrected chi connectivity index (χ4v) is 3.88. The van der Waals surface area contributed by atoms with Gasteiger partial charge in [-0.2, -0.15) is 5.26 Å². The molecule has 3 aromatic rings. The molecule has 1 aromatic heterocycles. The molecule has 0 aliphatic rings. The minimum atomic E-state index is 0.521. The zero-order valence-corrected chi connectivity index (χ0v) is 19.7. The summed E-state index contributed by atoms with van der Waals surface area (Å²) in [6, 6.07) is 20.3. The molecule has 1 N–H and O–H groups in total. The average Bonchev–Trinajstić information content (AvgIpc) is 3.24. The molecule has 0 spiro atoms. The van der Waals surface area contributed by atoms with E-state index in [0.717, 1.165) is 49.7 Å². The van der Waals surface area contributed by atoms with E-state index in [1.54, 1.807) is 0 Å². The molecule has 0 fully saturated rings. The van der Waals surface area contributed by atoms with E-state index in [2.05, 4.69) is 63.9 Å². The highest BCUT2D eigenvalue weighted by Gasteiger charge is 2.13. The Kier molecular flexibility index (Phi) is 8.82. The third-order valence-corrected chi connectivity index (χ3v) is 5.68. The van der Waals surface area contributed by atoms with Crippen molar-refractivity contribution in [3.8, 4) is 6.07 Å². The Morgan fingerprint density at radius 3 is 2.53 bits per heavy atom. The smallest absolute Gasteiger partial charge is 0.168 e. The van der Waals surface area contributed by atoms with Crippen LogP contribution in [0.25, 0.3) is 0 Å². The van der Waals surface area contributed by atoms with Crippen molar-refractivity contribution in [3.63, 3.8) is 0 Å². The molecule has 5 nitrogen and oxygen atoms in total. The molecule has 0 saturated carbocycles. The van der Waals surface area contributed by atoms with Crippen LogP contribution in [-0.2, 0) is 19.4 Å². The molecule has 0 bridgehead atoms. The molecule has 0 saturated heterocycles. The number of benzene rings is 2. The van der Waals surface area contributed by atoms with Crippen molar-refractivity contribution in [1.29, 1.82) is 5.26 Å². The number of imidazole rings is 1. The monoisotopic (exact) mass is 445 g/mol. The summed E-state index contributed by atoms with van der Waals surface area (Å²) in [4.78, 5) is 6.63. The standard InChI is InChI=1S/C26H31N5S/c1-21(2)18-30(26(32)29-14-12-22-6-4-3-5-7-22)15-13-25-17-28-20-31(25)19-24-10-8-23(16-27)9-11-24/h3-11,17,20-21H,12-15,18-19H2,1-2H3,(H,29,32). The lowest BCUT2D eigenvalue weighted by Gasteiger charge is -2.28. The lowest BCUT2D eigenvalue weighted by molar-refractivity contribution is 0.361. The van der Waals surface area contributed by atoms with Gasteiger partial charge in [0.05, 0.1) is 18.0 Å². The predicted octanol–water partition coefficient (Wildman–Crippen LogP) is 4.42. The van der Waals surface area contributed by atoms with E-state index in [0.29, 0.717) is 11.5 Å². The molecule has 0 atom stereocenters. The number of hydrogen-bond acceptors (Lipinski definition) is 3. The Hall–Kier alpha value is -3.17. The first-order valence-electron chi connectivity index (χ1n) is 11.1. The van der Waals surface area contributed by atoms with E-state index < -0.39 is 0 Å². The Morgan fingerprint density at radius 2 is 1.84 bits per heavy atom. The minimum absolute atomic E-state index is 0.521. The Bertz CT molecular complexity index is 1020. The highest BCUT2D eigenvalue weighted by molar-refractivity contribution is 7.80. The Balaban J connectivity index is 1.56. The van der Waals surface area contributed by atoms with Gasteiger partial charge >= 0.3 is 0 Å². The number of aromatic nitrogens is 2. The average molecular weight is 446 g/mol. The first-order chi connectivity index (χ1) is 15.5. The summed E-state index contributed by atoms with van der Waals surface area (Å²) in [6.45, 7) is 7.76. The fraction of sp³-hybridized carbons (Fsp3) is 0.346. The van der Waals surface area contributed by atoms with Crippen LogP contribution in [0, 0.1) is 17.2 Å². The van der Waals surface area contributed by atoms with Gasteiger partial charge in [-0.15, -0.1) is 0 Å². The molecule has 166 valence electrons. The quantitative estimate of drug-likeness (QED) is 0.468. The van der Waals surface area contributed by atoms with Crippen molar-refractivity contribution in [3.05, 3.63) is 89.5 Å². The van der Waals surface area contributed by atoms with Crippen LogP contribution in [0.3, 0.4) is 0 Å². The van der Waals surface area contributed by atoms with Crippen LogP contribution >= 0.6 is 12.2 Å². The molecule has 0 unspecified atom stereocenters. The van der Waals surface area contributed by atoms with Crippen molar-refractivity contribution in [2.75, 3.05) is 19.6 Å². The number of thiocarbonyl (C=S) groups is 1. The zero-order chi connectivity index (χ0) is 22.8. The van der Waals surface area contributed by atoms with Crippen LogP contribution in [0.2, 0.25) is 0 Å². The van der Waals surface area contributed by atoms with Crippen LogP contribution in [0.1, 0.15) is 36.2 Å². The highest BCUT2D eigenvalue weighted by Crippen LogP contribution is 2.10. The minimum Gasteiger partial charge on any atom is -0.362 e. The van der Waals surface area contributed by atoms with Crippen LogP contribution in [0.15, 0.2) is 67.1 Å². The molecule has 0 radical (unpaired) electrons. The first-order valence-corrected chi connectivity index (χ1v) is 11.5. The van der Waals surface area contributed by atoms with E-state index in [-0.39, 0.29) is 0 Å². The molecule has 0 amide bonds. The van der Waals surface area contributed by atoms with Gasteiger partial charge in [-0.1, -0.05) is 56.3 Å². The fourth-order valence-electron chi connectivity index (χ4n) is 3.62. The molecule has 3 rings (SSSR count). The molecule has 6 heteroatoms. The number of nitrogens with one attached hydrogen (secondary N) is 1. The molecular formula is C26H31N5S. The Morgan fingerprint density at radius 1 is 1.09 bits per heavy atom. The summed E-state index contributed by atoms with van der Waals surface area (Å²) in [7, 11) is 0. The lowest BCUT2D eigenvalue weighted by Crippen LogP contribution is -2.43. The van der Waals surface area contributed by atoms with E-state index in [9.17, 15) is 0 Å². The van der Waals surface area contributed by atoms with Gasteiger partial charge in [-0.05, 0) is 47.8 Å². The van der Waals surface area contributed by atoms with Crippen LogP contribution in [0.4, 0.5) is 0 Å². The van der Waals surface area contributed by atoms with Crippen LogP contribution < -0.4 is 5.32 Å². The van der Waals surface area contributed by atoms with Gasteiger partial charge in [0.25, 0.3) is 0 Å². The summed E-state index contributed by atoms with van der Waals surface area (Å²) < 4.78 is 2.17. The maximum Gasteiger partial charge on any atom is 0.168 e. The van der Waals surface area contributed by atoms with Gasteiger partial charge in [0.1, 0.15) is 0 Å². The normalized spacial score (nSPS) is 10.7. The lowest BCUT2D eigenvalue weighted by atomic mass is 10.1. The van der Waals surface area contributed by atoms with Crippen molar-refractivity contribution < 1.29 is 0 Å². The summed E-state index contributed by atoms with van der Waals surface area (Å²) in [5.74, 6) is 0.521. The van der Waals surface area contributed by atoms with Crippen molar-refractivity contribution in [2.45, 2.75) is 33.2 Å². The van der Waals surface area contributed by atoms with E-state index in [4.69, 9.17) is 17.5 Å². The van der Waals surface area contributed by atoms with Gasteiger partial charge in [0.15, 0.2) is 5.11 Å². The van der Waals surface area contributed by atoms with Gasteiger partial charge in [-0.3, -0.25) is 0 Å². The van der Waals surface area contributed by atoms with Crippen molar-refractivity contribution in [1.82, 2.24) is 19.8 Å². The first kappa shape index (κ1) is 23.5. The molecular weight excluding hydrogens is 414 g/mol. The predicted molar refractivity (Wildman–Crippen MR) is 133 cm³/mol. The second-order valence-corrected chi connectivity index (χ2v) is 8.77. The van der Waals surface area contributed by atoms with Crippen molar-refractivity contribution >= 4 is 17.3 Å². The van der Waals surface area contributed by atoms with Crippen LogP contribution in [0.5, 0.6) is 0 Å². The maximum absolute atomic E-state index is 8.98. The van der Waals surface area contributed by atoms with Gasteiger partial charge in [-0.25, -0.2) is 4.98 Å². The number of nitriles is 1. The summed E-state index contributed by atoms with van der Waals surface area (Å²) in [5, 5.41) is 13.2.